The van der Waals surface area contributed by atoms with Crippen molar-refractivity contribution in [2.24, 2.45) is 0 Å². The zero-order valence-corrected chi connectivity index (χ0v) is 15.2. The second-order valence-corrected chi connectivity index (χ2v) is 5.82. The maximum atomic E-state index is 12.3. The van der Waals surface area contributed by atoms with E-state index >= 15 is 0 Å². The highest BCUT2D eigenvalue weighted by molar-refractivity contribution is 6.32. The van der Waals surface area contributed by atoms with E-state index in [1.54, 1.807) is 55.6 Å². The van der Waals surface area contributed by atoms with Crippen molar-refractivity contribution in [3.05, 3.63) is 59.1 Å². The summed E-state index contributed by atoms with van der Waals surface area (Å²) in [5.74, 6) is -0.220. The zero-order chi connectivity index (χ0) is 18.8. The molecule has 0 unspecified atom stereocenters. The Hall–Kier alpha value is -2.57. The molecule has 2 aromatic carbocycles. The number of para-hydroxylation sites is 2. The second-order valence-electron chi connectivity index (χ2n) is 5.42. The topological polar surface area (TPSA) is 76.7 Å². The average Bonchev–Trinajstić information content (AvgIpc) is 2.65. The smallest absolute Gasteiger partial charge is 0.262 e. The van der Waals surface area contributed by atoms with Gasteiger partial charge in [-0.3, -0.25) is 9.59 Å². The quantitative estimate of drug-likeness (QED) is 0.659. The summed E-state index contributed by atoms with van der Waals surface area (Å²) in [6, 6.07) is 13.7. The van der Waals surface area contributed by atoms with E-state index in [1.165, 1.54) is 0 Å². The number of methoxy groups -OCH3 is 1. The monoisotopic (exact) mass is 376 g/mol. The van der Waals surface area contributed by atoms with Gasteiger partial charge in [0.05, 0.1) is 16.3 Å². The lowest BCUT2D eigenvalue weighted by Crippen LogP contribution is -2.27. The summed E-state index contributed by atoms with van der Waals surface area (Å²) in [5, 5.41) is 5.91. The lowest BCUT2D eigenvalue weighted by Gasteiger charge is -2.12. The predicted molar refractivity (Wildman–Crippen MR) is 101 cm³/mol. The van der Waals surface area contributed by atoms with E-state index in [1.807, 2.05) is 0 Å². The lowest BCUT2D eigenvalue weighted by atomic mass is 10.1. The van der Waals surface area contributed by atoms with E-state index in [0.29, 0.717) is 41.6 Å². The van der Waals surface area contributed by atoms with Crippen LogP contribution in [0.2, 0.25) is 5.02 Å². The van der Waals surface area contributed by atoms with Crippen molar-refractivity contribution < 1.29 is 19.1 Å². The molecule has 0 aromatic heterocycles. The minimum atomic E-state index is -0.385. The first kappa shape index (κ1) is 19.8. The molecule has 6 nitrogen and oxygen atoms in total. The molecular weight excluding hydrogens is 356 g/mol. The molecule has 0 saturated heterocycles. The first-order valence-corrected chi connectivity index (χ1v) is 8.53. The summed E-state index contributed by atoms with van der Waals surface area (Å²) in [7, 11) is 1.61. The van der Waals surface area contributed by atoms with E-state index in [2.05, 4.69) is 10.6 Å². The van der Waals surface area contributed by atoms with Crippen LogP contribution in [0.5, 0.6) is 5.75 Å². The number of carbonyl (C=O) groups is 2. The Kier molecular flexibility index (Phi) is 7.92. The van der Waals surface area contributed by atoms with Crippen LogP contribution in [0.15, 0.2) is 48.5 Å². The van der Waals surface area contributed by atoms with Crippen molar-refractivity contribution in [2.75, 3.05) is 32.2 Å². The number of amides is 2. The molecule has 0 radical (unpaired) electrons. The summed E-state index contributed by atoms with van der Waals surface area (Å²) in [6.07, 6.45) is 0.711. The van der Waals surface area contributed by atoms with Gasteiger partial charge in [-0.1, -0.05) is 35.9 Å². The molecule has 0 fully saturated rings. The Morgan fingerprint density at radius 2 is 1.81 bits per heavy atom. The van der Waals surface area contributed by atoms with E-state index in [0.717, 1.165) is 0 Å². The zero-order valence-electron chi connectivity index (χ0n) is 14.5. The van der Waals surface area contributed by atoms with Crippen molar-refractivity contribution >= 4 is 29.1 Å². The van der Waals surface area contributed by atoms with E-state index in [4.69, 9.17) is 21.1 Å². The van der Waals surface area contributed by atoms with Gasteiger partial charge in [0.15, 0.2) is 6.61 Å². The van der Waals surface area contributed by atoms with Gasteiger partial charge in [0.25, 0.3) is 11.8 Å². The number of rotatable bonds is 9. The standard InChI is InChI=1S/C19H21ClN2O4/c1-25-12-6-11-21-19(24)14-7-2-4-9-16(14)22-18(23)13-26-17-10-5-3-8-15(17)20/h2-5,7-10H,6,11-13H2,1H3,(H,21,24)(H,22,23). The second kappa shape index (κ2) is 10.4. The Labute approximate surface area is 157 Å². The molecule has 0 aliphatic rings. The molecule has 0 heterocycles. The number of benzene rings is 2. The fourth-order valence-corrected chi connectivity index (χ4v) is 2.39. The van der Waals surface area contributed by atoms with Gasteiger partial charge in [0, 0.05) is 20.3 Å². The number of hydrogen-bond acceptors (Lipinski definition) is 4. The number of hydrogen-bond donors (Lipinski definition) is 2. The minimum Gasteiger partial charge on any atom is -0.482 e. The normalized spacial score (nSPS) is 10.2. The van der Waals surface area contributed by atoms with E-state index in [9.17, 15) is 9.59 Å². The third kappa shape index (κ3) is 6.06. The Bertz CT molecular complexity index is 752. The molecule has 2 amide bonds. The third-order valence-corrected chi connectivity index (χ3v) is 3.76. The van der Waals surface area contributed by atoms with Gasteiger partial charge in [-0.25, -0.2) is 0 Å². The van der Waals surface area contributed by atoms with Crippen LogP contribution in [0.4, 0.5) is 5.69 Å². The highest BCUT2D eigenvalue weighted by Gasteiger charge is 2.13. The molecule has 2 rings (SSSR count). The van der Waals surface area contributed by atoms with Crippen LogP contribution in [0.3, 0.4) is 0 Å². The Balaban J connectivity index is 1.93. The highest BCUT2D eigenvalue weighted by Crippen LogP contribution is 2.23. The maximum absolute atomic E-state index is 12.3. The number of halogens is 1. The van der Waals surface area contributed by atoms with Crippen LogP contribution in [0, 0.1) is 0 Å². The first-order chi connectivity index (χ1) is 12.6. The van der Waals surface area contributed by atoms with Gasteiger partial charge in [-0.15, -0.1) is 0 Å². The molecule has 0 bridgehead atoms. The van der Waals surface area contributed by atoms with Crippen molar-refractivity contribution in [1.29, 1.82) is 0 Å². The van der Waals surface area contributed by atoms with Gasteiger partial charge in [0.2, 0.25) is 0 Å². The van der Waals surface area contributed by atoms with Crippen LogP contribution in [0.1, 0.15) is 16.8 Å². The molecule has 0 atom stereocenters. The molecule has 7 heteroatoms. The van der Waals surface area contributed by atoms with Crippen molar-refractivity contribution in [3.63, 3.8) is 0 Å². The van der Waals surface area contributed by atoms with Gasteiger partial charge in [0.1, 0.15) is 5.75 Å². The van der Waals surface area contributed by atoms with E-state index < -0.39 is 0 Å². The molecule has 2 aromatic rings. The molecule has 0 aliphatic carbocycles. The first-order valence-electron chi connectivity index (χ1n) is 8.15. The minimum absolute atomic E-state index is 0.215. The van der Waals surface area contributed by atoms with Crippen LogP contribution in [-0.2, 0) is 9.53 Å². The average molecular weight is 377 g/mol. The van der Waals surface area contributed by atoms with Crippen molar-refractivity contribution in [2.45, 2.75) is 6.42 Å². The molecule has 26 heavy (non-hydrogen) atoms. The summed E-state index contributed by atoms with van der Waals surface area (Å²) >= 11 is 5.99. The SMILES string of the molecule is COCCCNC(=O)c1ccccc1NC(=O)COc1ccccc1Cl. The predicted octanol–water partition coefficient (Wildman–Crippen LogP) is 3.12. The summed E-state index contributed by atoms with van der Waals surface area (Å²) in [5.41, 5.74) is 0.806. The van der Waals surface area contributed by atoms with Crippen molar-refractivity contribution in [1.82, 2.24) is 5.32 Å². The fraction of sp³-hybridized carbons (Fsp3) is 0.263. The van der Waals surface area contributed by atoms with Gasteiger partial charge in [-0.05, 0) is 30.7 Å². The lowest BCUT2D eigenvalue weighted by molar-refractivity contribution is -0.118. The molecule has 2 N–H and O–H groups in total. The Morgan fingerprint density at radius 3 is 2.58 bits per heavy atom. The summed E-state index contributed by atoms with van der Waals surface area (Å²) in [6.45, 7) is 0.843. The molecular formula is C19H21ClN2O4. The van der Waals surface area contributed by atoms with Gasteiger partial charge >= 0.3 is 0 Å². The van der Waals surface area contributed by atoms with Crippen molar-refractivity contribution in [3.8, 4) is 5.75 Å². The van der Waals surface area contributed by atoms with E-state index in [-0.39, 0.29) is 18.4 Å². The molecule has 0 aliphatic heterocycles. The number of carbonyl (C=O) groups excluding carboxylic acids is 2. The Morgan fingerprint density at radius 1 is 1.08 bits per heavy atom. The molecule has 138 valence electrons. The fourth-order valence-electron chi connectivity index (χ4n) is 2.20. The maximum Gasteiger partial charge on any atom is 0.262 e. The van der Waals surface area contributed by atoms with Gasteiger partial charge in [-0.2, -0.15) is 0 Å². The number of nitrogens with one attached hydrogen (secondary N) is 2. The molecule has 0 saturated carbocycles. The highest BCUT2D eigenvalue weighted by atomic mass is 35.5. The van der Waals surface area contributed by atoms with Crippen LogP contribution < -0.4 is 15.4 Å². The largest absolute Gasteiger partial charge is 0.482 e. The summed E-state index contributed by atoms with van der Waals surface area (Å²) in [4.78, 5) is 24.4. The molecule has 0 spiro atoms. The number of ether oxygens (including phenoxy) is 2. The summed E-state index contributed by atoms with van der Waals surface area (Å²) < 4.78 is 10.4. The van der Waals surface area contributed by atoms with Crippen LogP contribution >= 0.6 is 11.6 Å². The third-order valence-electron chi connectivity index (χ3n) is 3.45. The number of anilines is 1. The van der Waals surface area contributed by atoms with Crippen LogP contribution in [-0.4, -0.2) is 38.7 Å². The van der Waals surface area contributed by atoms with Gasteiger partial charge < -0.3 is 20.1 Å². The van der Waals surface area contributed by atoms with Crippen LogP contribution in [0.25, 0.3) is 0 Å².